The van der Waals surface area contributed by atoms with Gasteiger partial charge in [-0.15, -0.1) is 0 Å². The molecule has 1 atom stereocenters. The Hall–Kier alpha value is -1.65. The summed E-state index contributed by atoms with van der Waals surface area (Å²) in [5.74, 6) is -0.825. The third-order valence-corrected chi connectivity index (χ3v) is 2.65. The zero-order chi connectivity index (χ0) is 12.3. The van der Waals surface area contributed by atoms with E-state index >= 15 is 0 Å². The monoisotopic (exact) mass is 224 g/mol. The molecule has 0 aromatic carbocycles. The van der Waals surface area contributed by atoms with Crippen LogP contribution in [0, 0.1) is 12.8 Å². The quantitative estimate of drug-likeness (QED) is 0.567. The highest BCUT2D eigenvalue weighted by atomic mass is 16.5. The van der Waals surface area contributed by atoms with Crippen LogP contribution in [0.5, 0.6) is 0 Å². The molecule has 0 saturated heterocycles. The predicted molar refractivity (Wildman–Crippen MR) is 58.1 cm³/mol. The van der Waals surface area contributed by atoms with E-state index in [9.17, 15) is 9.59 Å². The maximum atomic E-state index is 12.0. The zero-order valence-electron chi connectivity index (χ0n) is 9.98. The molecule has 0 aliphatic carbocycles. The second-order valence-electron chi connectivity index (χ2n) is 3.81. The molecule has 0 spiro atoms. The number of ketones is 1. The Morgan fingerprint density at radius 2 is 2.19 bits per heavy atom. The Balaban J connectivity index is 2.78. The summed E-state index contributed by atoms with van der Waals surface area (Å²) in [4.78, 5) is 23.0. The zero-order valence-corrected chi connectivity index (χ0v) is 9.98. The van der Waals surface area contributed by atoms with Crippen molar-refractivity contribution in [2.24, 2.45) is 13.0 Å². The summed E-state index contributed by atoms with van der Waals surface area (Å²) in [5, 5.41) is 4.00. The first-order chi connectivity index (χ1) is 7.47. The van der Waals surface area contributed by atoms with E-state index in [-0.39, 0.29) is 24.1 Å². The predicted octanol–water partition coefficient (Wildman–Crippen LogP) is 1.11. The number of esters is 1. The minimum atomic E-state index is -0.379. The number of methoxy groups -OCH3 is 1. The summed E-state index contributed by atoms with van der Waals surface area (Å²) in [6.07, 6.45) is 1.63. The van der Waals surface area contributed by atoms with Gasteiger partial charge in [0.25, 0.3) is 0 Å². The first-order valence-electron chi connectivity index (χ1n) is 5.07. The van der Waals surface area contributed by atoms with Gasteiger partial charge in [0.05, 0.1) is 25.3 Å². The SMILES string of the molecule is COC(=O)CC(C)C(=O)c1cnn(C)c1C. The highest BCUT2D eigenvalue weighted by molar-refractivity contribution is 5.99. The van der Waals surface area contributed by atoms with Crippen molar-refractivity contribution in [3.05, 3.63) is 17.5 Å². The topological polar surface area (TPSA) is 61.2 Å². The number of rotatable bonds is 4. The first kappa shape index (κ1) is 12.4. The van der Waals surface area contributed by atoms with Crippen molar-refractivity contribution in [2.75, 3.05) is 7.11 Å². The second-order valence-corrected chi connectivity index (χ2v) is 3.81. The van der Waals surface area contributed by atoms with Crippen LogP contribution in [0.4, 0.5) is 0 Å². The lowest BCUT2D eigenvalue weighted by Crippen LogP contribution is -2.17. The van der Waals surface area contributed by atoms with Crippen LogP contribution in [0.3, 0.4) is 0 Å². The summed E-state index contributed by atoms with van der Waals surface area (Å²) in [5.41, 5.74) is 1.38. The van der Waals surface area contributed by atoms with Crippen LogP contribution in [-0.4, -0.2) is 28.6 Å². The Morgan fingerprint density at radius 1 is 1.56 bits per heavy atom. The van der Waals surface area contributed by atoms with E-state index in [1.165, 1.54) is 13.3 Å². The average Bonchev–Trinajstić information content (AvgIpc) is 2.58. The molecule has 1 heterocycles. The van der Waals surface area contributed by atoms with E-state index in [0.29, 0.717) is 5.56 Å². The molecular formula is C11H16N2O3. The van der Waals surface area contributed by atoms with E-state index in [4.69, 9.17) is 0 Å². The molecule has 0 N–H and O–H groups in total. The lowest BCUT2D eigenvalue weighted by molar-refractivity contribution is -0.141. The second kappa shape index (κ2) is 4.92. The van der Waals surface area contributed by atoms with E-state index in [2.05, 4.69) is 9.84 Å². The fourth-order valence-electron chi connectivity index (χ4n) is 1.43. The maximum absolute atomic E-state index is 12.0. The Morgan fingerprint density at radius 3 is 2.62 bits per heavy atom. The standard InChI is InChI=1S/C11H16N2O3/c1-7(5-10(14)16-4)11(15)9-6-12-13(3)8(9)2/h6-7H,5H2,1-4H3. The summed E-state index contributed by atoms with van der Waals surface area (Å²) in [7, 11) is 3.09. The molecule has 1 rings (SSSR count). The van der Waals surface area contributed by atoms with Gasteiger partial charge in [0.1, 0.15) is 0 Å². The van der Waals surface area contributed by atoms with Crippen molar-refractivity contribution in [3.63, 3.8) is 0 Å². The van der Waals surface area contributed by atoms with Crippen LogP contribution in [0.25, 0.3) is 0 Å². The molecule has 1 aromatic rings. The van der Waals surface area contributed by atoms with Gasteiger partial charge in [-0.3, -0.25) is 14.3 Å². The summed E-state index contributed by atoms with van der Waals surface area (Å²) < 4.78 is 6.17. The molecule has 16 heavy (non-hydrogen) atoms. The number of carbonyl (C=O) groups is 2. The summed E-state index contributed by atoms with van der Waals surface area (Å²) >= 11 is 0. The smallest absolute Gasteiger partial charge is 0.306 e. The molecule has 5 nitrogen and oxygen atoms in total. The molecule has 0 fully saturated rings. The fraction of sp³-hybridized carbons (Fsp3) is 0.545. The van der Waals surface area contributed by atoms with Crippen LogP contribution < -0.4 is 0 Å². The largest absolute Gasteiger partial charge is 0.469 e. The van der Waals surface area contributed by atoms with Crippen molar-refractivity contribution in [1.29, 1.82) is 0 Å². The van der Waals surface area contributed by atoms with Crippen molar-refractivity contribution < 1.29 is 14.3 Å². The maximum Gasteiger partial charge on any atom is 0.306 e. The van der Waals surface area contributed by atoms with Gasteiger partial charge in [-0.1, -0.05) is 6.92 Å². The van der Waals surface area contributed by atoms with Crippen LogP contribution >= 0.6 is 0 Å². The van der Waals surface area contributed by atoms with Crippen molar-refractivity contribution in [3.8, 4) is 0 Å². The number of nitrogens with zero attached hydrogens (tertiary/aromatic N) is 2. The lowest BCUT2D eigenvalue weighted by Gasteiger charge is -2.08. The molecule has 1 aromatic heterocycles. The van der Waals surface area contributed by atoms with Gasteiger partial charge in [0.15, 0.2) is 5.78 Å². The number of aryl methyl sites for hydroxylation is 1. The number of hydrogen-bond donors (Lipinski definition) is 0. The lowest BCUT2D eigenvalue weighted by atomic mass is 9.97. The Labute approximate surface area is 94.4 Å². The van der Waals surface area contributed by atoms with Gasteiger partial charge in [0.2, 0.25) is 0 Å². The van der Waals surface area contributed by atoms with Crippen LogP contribution in [-0.2, 0) is 16.6 Å². The van der Waals surface area contributed by atoms with Gasteiger partial charge in [-0.25, -0.2) is 0 Å². The normalized spacial score (nSPS) is 12.2. The van der Waals surface area contributed by atoms with Crippen molar-refractivity contribution in [2.45, 2.75) is 20.3 Å². The molecule has 0 amide bonds. The number of hydrogen-bond acceptors (Lipinski definition) is 4. The summed E-state index contributed by atoms with van der Waals surface area (Å²) in [6, 6.07) is 0. The van der Waals surface area contributed by atoms with Gasteiger partial charge < -0.3 is 4.74 Å². The van der Waals surface area contributed by atoms with Gasteiger partial charge in [0, 0.05) is 18.7 Å². The fourth-order valence-corrected chi connectivity index (χ4v) is 1.43. The molecule has 88 valence electrons. The number of Topliss-reactive ketones (excluding diaryl/α,β-unsaturated/α-hetero) is 1. The molecule has 5 heteroatoms. The molecule has 0 aliphatic rings. The van der Waals surface area contributed by atoms with E-state index in [1.54, 1.807) is 18.7 Å². The molecule has 0 radical (unpaired) electrons. The van der Waals surface area contributed by atoms with Crippen molar-refractivity contribution >= 4 is 11.8 Å². The molecule has 1 unspecified atom stereocenters. The average molecular weight is 224 g/mol. The van der Waals surface area contributed by atoms with E-state index in [1.807, 2.05) is 6.92 Å². The molecule has 0 bridgehead atoms. The number of carbonyl (C=O) groups excluding carboxylic acids is 2. The molecular weight excluding hydrogens is 208 g/mol. The third-order valence-electron chi connectivity index (χ3n) is 2.65. The van der Waals surface area contributed by atoms with Gasteiger partial charge >= 0.3 is 5.97 Å². The first-order valence-corrected chi connectivity index (χ1v) is 5.07. The molecule has 0 aliphatic heterocycles. The van der Waals surface area contributed by atoms with Crippen molar-refractivity contribution in [1.82, 2.24) is 9.78 Å². The Kier molecular flexibility index (Phi) is 3.82. The highest BCUT2D eigenvalue weighted by Crippen LogP contribution is 2.15. The van der Waals surface area contributed by atoms with Crippen LogP contribution in [0.15, 0.2) is 6.20 Å². The van der Waals surface area contributed by atoms with Gasteiger partial charge in [-0.05, 0) is 6.92 Å². The third kappa shape index (κ3) is 2.48. The van der Waals surface area contributed by atoms with Crippen LogP contribution in [0.2, 0.25) is 0 Å². The van der Waals surface area contributed by atoms with E-state index in [0.717, 1.165) is 5.69 Å². The number of aromatic nitrogens is 2. The number of ether oxygens (including phenoxy) is 1. The van der Waals surface area contributed by atoms with Gasteiger partial charge in [-0.2, -0.15) is 5.10 Å². The minimum Gasteiger partial charge on any atom is -0.469 e. The van der Waals surface area contributed by atoms with E-state index < -0.39 is 0 Å². The molecule has 0 saturated carbocycles. The summed E-state index contributed by atoms with van der Waals surface area (Å²) in [6.45, 7) is 3.54. The highest BCUT2D eigenvalue weighted by Gasteiger charge is 2.22. The van der Waals surface area contributed by atoms with Crippen LogP contribution in [0.1, 0.15) is 29.4 Å². The Bertz CT molecular complexity index is 409. The minimum absolute atomic E-state index is 0.0731.